The minimum Gasteiger partial charge on any atom is -0.496 e. The fraction of sp³-hybridized carbons (Fsp3) is 0.350. The molecule has 0 spiro atoms. The van der Waals surface area contributed by atoms with E-state index < -0.39 is 0 Å². The second kappa shape index (κ2) is 8.20. The quantitative estimate of drug-likeness (QED) is 0.698. The molecule has 4 heteroatoms. The Morgan fingerprint density at radius 2 is 1.67 bits per heavy atom. The molecule has 1 unspecified atom stereocenters. The Morgan fingerprint density at radius 3 is 2.12 bits per heavy atom. The Morgan fingerprint density at radius 1 is 1.08 bits per heavy atom. The largest absolute Gasteiger partial charge is 0.496 e. The van der Waals surface area contributed by atoms with Gasteiger partial charge in [-0.05, 0) is 36.8 Å². The summed E-state index contributed by atoms with van der Waals surface area (Å²) >= 11 is 5.87. The summed E-state index contributed by atoms with van der Waals surface area (Å²) < 4.78 is 10.0. The van der Waals surface area contributed by atoms with Gasteiger partial charge in [0.2, 0.25) is 0 Å². The maximum atomic E-state index is 11.2. The van der Waals surface area contributed by atoms with E-state index in [0.29, 0.717) is 22.1 Å². The normalized spacial score (nSPS) is 18.2. The number of ether oxygens (including phenoxy) is 2. The molecule has 0 radical (unpaired) electrons. The highest BCUT2D eigenvalue weighted by Gasteiger charge is 2.33. The zero-order valence-corrected chi connectivity index (χ0v) is 15.3. The highest BCUT2D eigenvalue weighted by molar-refractivity contribution is 6.32. The Labute approximate surface area is 148 Å². The van der Waals surface area contributed by atoms with E-state index in [1.54, 1.807) is 12.1 Å². The molecule has 128 valence electrons. The van der Waals surface area contributed by atoms with Gasteiger partial charge in [0.1, 0.15) is 11.5 Å². The molecule has 1 saturated carbocycles. The van der Waals surface area contributed by atoms with Crippen LogP contribution in [0.15, 0.2) is 42.5 Å². The number of methoxy groups -OCH3 is 2. The summed E-state index contributed by atoms with van der Waals surface area (Å²) in [5.74, 6) is 2.68. The van der Waals surface area contributed by atoms with Crippen LogP contribution in [-0.4, -0.2) is 20.0 Å². The van der Waals surface area contributed by atoms with E-state index in [4.69, 9.17) is 21.1 Å². The van der Waals surface area contributed by atoms with Gasteiger partial charge < -0.3 is 9.47 Å². The lowest BCUT2D eigenvalue weighted by Gasteiger charge is -2.09. The van der Waals surface area contributed by atoms with Crippen LogP contribution in [0.4, 0.5) is 0 Å². The van der Waals surface area contributed by atoms with Gasteiger partial charge in [0, 0.05) is 6.07 Å². The maximum Gasteiger partial charge on any atom is 0.163 e. The number of Topliss-reactive ketones (excluding diaryl/α,β-unsaturated/α-hetero) is 1. The minimum absolute atomic E-state index is 0.0913. The Kier molecular flexibility index (Phi) is 6.27. The summed E-state index contributed by atoms with van der Waals surface area (Å²) in [4.78, 5) is 11.2. The maximum absolute atomic E-state index is 11.2. The number of halogens is 1. The number of ketones is 1. The zero-order chi connectivity index (χ0) is 17.7. The molecule has 3 rings (SSSR count). The second-order valence-electron chi connectivity index (χ2n) is 5.97. The fourth-order valence-electron chi connectivity index (χ4n) is 2.62. The lowest BCUT2D eigenvalue weighted by atomic mass is 10.1. The first-order valence-corrected chi connectivity index (χ1v) is 8.33. The van der Waals surface area contributed by atoms with Gasteiger partial charge in [0.25, 0.3) is 0 Å². The molecule has 0 saturated heterocycles. The van der Waals surface area contributed by atoms with Crippen LogP contribution in [0.1, 0.15) is 42.1 Å². The van der Waals surface area contributed by atoms with Crippen molar-refractivity contribution in [1.29, 1.82) is 0 Å². The SMILES string of the molecule is CC1C[C@H]1c1ccccc1.COc1cc(OC)c(C(C)=O)cc1Cl. The lowest BCUT2D eigenvalue weighted by molar-refractivity contribution is 0.101. The summed E-state index contributed by atoms with van der Waals surface area (Å²) in [5, 5.41) is 0.401. The van der Waals surface area contributed by atoms with Gasteiger partial charge in [-0.2, -0.15) is 0 Å². The van der Waals surface area contributed by atoms with Gasteiger partial charge in [-0.15, -0.1) is 0 Å². The van der Waals surface area contributed by atoms with Crippen LogP contribution in [0.25, 0.3) is 0 Å². The number of carbonyl (C=O) groups excluding carboxylic acids is 1. The molecule has 2 atom stereocenters. The molecule has 0 heterocycles. The third-order valence-corrected chi connectivity index (χ3v) is 4.49. The molecule has 3 nitrogen and oxygen atoms in total. The Hall–Kier alpha value is -2.00. The summed E-state index contributed by atoms with van der Waals surface area (Å²) in [7, 11) is 3.00. The van der Waals surface area contributed by atoms with Gasteiger partial charge in [0.05, 0.1) is 24.8 Å². The molecule has 0 aliphatic heterocycles. The molecule has 1 aliphatic rings. The number of rotatable bonds is 4. The van der Waals surface area contributed by atoms with E-state index in [1.807, 2.05) is 0 Å². The van der Waals surface area contributed by atoms with Gasteiger partial charge >= 0.3 is 0 Å². The van der Waals surface area contributed by atoms with Crippen molar-refractivity contribution in [2.24, 2.45) is 5.92 Å². The van der Waals surface area contributed by atoms with Crippen LogP contribution in [0.5, 0.6) is 11.5 Å². The summed E-state index contributed by atoms with van der Waals surface area (Å²) in [6.07, 6.45) is 1.39. The number of hydrogen-bond donors (Lipinski definition) is 0. The first-order valence-electron chi connectivity index (χ1n) is 7.95. The molecule has 1 fully saturated rings. The molecule has 2 aromatic rings. The first kappa shape index (κ1) is 18.3. The third-order valence-electron chi connectivity index (χ3n) is 4.19. The van der Waals surface area contributed by atoms with E-state index in [9.17, 15) is 4.79 Å². The van der Waals surface area contributed by atoms with Gasteiger partial charge in [-0.1, -0.05) is 48.9 Å². The minimum atomic E-state index is -0.0913. The van der Waals surface area contributed by atoms with Crippen molar-refractivity contribution in [2.75, 3.05) is 14.2 Å². The van der Waals surface area contributed by atoms with E-state index in [-0.39, 0.29) is 5.78 Å². The van der Waals surface area contributed by atoms with Crippen molar-refractivity contribution >= 4 is 17.4 Å². The summed E-state index contributed by atoms with van der Waals surface area (Å²) in [5.41, 5.74) is 1.98. The first-order chi connectivity index (χ1) is 11.5. The molecule has 0 aromatic heterocycles. The van der Waals surface area contributed by atoms with Crippen LogP contribution in [0.3, 0.4) is 0 Å². The third kappa shape index (κ3) is 4.51. The molecule has 0 amide bonds. The molecule has 1 aliphatic carbocycles. The van der Waals surface area contributed by atoms with Crippen molar-refractivity contribution in [2.45, 2.75) is 26.2 Å². The van der Waals surface area contributed by atoms with E-state index in [1.165, 1.54) is 33.1 Å². The van der Waals surface area contributed by atoms with Gasteiger partial charge in [0.15, 0.2) is 5.78 Å². The zero-order valence-electron chi connectivity index (χ0n) is 14.5. The van der Waals surface area contributed by atoms with Crippen molar-refractivity contribution in [3.63, 3.8) is 0 Å². The van der Waals surface area contributed by atoms with Crippen molar-refractivity contribution in [1.82, 2.24) is 0 Å². The standard InChI is InChI=1S/C10H11ClO3.C10H12/c1-6(12)7-4-8(11)10(14-3)5-9(7)13-2;1-8-7-10(8)9-5-3-2-4-6-9/h4-5H,1-3H3;2-6,8,10H,7H2,1H3/t;8?,10-/m.1/s1. The Bertz CT molecular complexity index is 698. The summed E-state index contributed by atoms with van der Waals surface area (Å²) in [6, 6.07) is 13.9. The molecule has 0 bridgehead atoms. The van der Waals surface area contributed by atoms with Crippen molar-refractivity contribution in [3.8, 4) is 11.5 Å². The number of benzene rings is 2. The van der Waals surface area contributed by atoms with Crippen LogP contribution >= 0.6 is 11.6 Å². The lowest BCUT2D eigenvalue weighted by Crippen LogP contribution is -1.98. The molecule has 2 aromatic carbocycles. The van der Waals surface area contributed by atoms with E-state index in [2.05, 4.69) is 37.3 Å². The summed E-state index contributed by atoms with van der Waals surface area (Å²) in [6.45, 7) is 3.78. The van der Waals surface area contributed by atoms with Crippen LogP contribution in [-0.2, 0) is 0 Å². The average molecular weight is 347 g/mol. The van der Waals surface area contributed by atoms with Gasteiger partial charge in [-0.3, -0.25) is 4.79 Å². The molecule has 0 N–H and O–H groups in total. The fourth-order valence-corrected chi connectivity index (χ4v) is 2.86. The number of carbonyl (C=O) groups is 1. The van der Waals surface area contributed by atoms with Crippen LogP contribution < -0.4 is 9.47 Å². The van der Waals surface area contributed by atoms with Gasteiger partial charge in [-0.25, -0.2) is 0 Å². The predicted molar refractivity (Wildman–Crippen MR) is 97.5 cm³/mol. The second-order valence-corrected chi connectivity index (χ2v) is 6.38. The van der Waals surface area contributed by atoms with Crippen LogP contribution in [0.2, 0.25) is 5.02 Å². The smallest absolute Gasteiger partial charge is 0.163 e. The van der Waals surface area contributed by atoms with Crippen molar-refractivity contribution in [3.05, 3.63) is 58.6 Å². The molecular formula is C20H23ClO3. The van der Waals surface area contributed by atoms with E-state index >= 15 is 0 Å². The number of hydrogen-bond acceptors (Lipinski definition) is 3. The molecule has 24 heavy (non-hydrogen) atoms. The van der Waals surface area contributed by atoms with E-state index in [0.717, 1.165) is 11.8 Å². The monoisotopic (exact) mass is 346 g/mol. The topological polar surface area (TPSA) is 35.5 Å². The average Bonchev–Trinajstić information content (AvgIpc) is 3.32. The van der Waals surface area contributed by atoms with Crippen LogP contribution in [0, 0.1) is 5.92 Å². The highest BCUT2D eigenvalue weighted by Crippen LogP contribution is 2.46. The molecular weight excluding hydrogens is 324 g/mol. The highest BCUT2D eigenvalue weighted by atomic mass is 35.5. The predicted octanol–water partition coefficient (Wildman–Crippen LogP) is 5.37. The Balaban J connectivity index is 0.000000182. The van der Waals surface area contributed by atoms with Crippen molar-refractivity contribution < 1.29 is 14.3 Å².